The van der Waals surface area contributed by atoms with Crippen LogP contribution in [0, 0.1) is 0 Å². The minimum absolute atomic E-state index is 0. The molecule has 0 saturated carbocycles. The summed E-state index contributed by atoms with van der Waals surface area (Å²) in [5.41, 5.74) is 2.76. The number of phenols is 1. The van der Waals surface area contributed by atoms with E-state index in [1.807, 2.05) is 12.1 Å². The zero-order chi connectivity index (χ0) is 21.3. The van der Waals surface area contributed by atoms with E-state index < -0.39 is 0 Å². The summed E-state index contributed by atoms with van der Waals surface area (Å²) in [6.07, 6.45) is 26.3. The summed E-state index contributed by atoms with van der Waals surface area (Å²) in [7, 11) is 0. The molecule has 1 unspecified atom stereocenters. The van der Waals surface area contributed by atoms with Crippen molar-refractivity contribution >= 4 is 17.0 Å². The fraction of sp³-hybridized carbons (Fsp3) is 0.786. The number of unbranched alkanes of at least 4 members (excludes halogenated alkanes) is 15. The van der Waals surface area contributed by atoms with Gasteiger partial charge in [0.1, 0.15) is 5.75 Å². The Morgan fingerprint density at radius 2 is 1.26 bits per heavy atom. The molecule has 2 rings (SSSR count). The van der Waals surface area contributed by atoms with Crippen LogP contribution in [0.4, 0.5) is 0 Å². The first-order chi connectivity index (χ1) is 14.8. The summed E-state index contributed by atoms with van der Waals surface area (Å²) in [5.74, 6) is 0.409. The van der Waals surface area contributed by atoms with Crippen molar-refractivity contribution in [2.75, 3.05) is 6.54 Å². The van der Waals surface area contributed by atoms with Gasteiger partial charge in [-0.3, -0.25) is 0 Å². The van der Waals surface area contributed by atoms with Gasteiger partial charge in [0.15, 0.2) is 0 Å². The van der Waals surface area contributed by atoms with Crippen LogP contribution in [0.15, 0.2) is 18.2 Å². The number of aromatic hydroxyl groups is 1. The number of hydrogen-bond donors (Lipinski definition) is 2. The highest BCUT2D eigenvalue weighted by molar-refractivity contribution is 8.93. The Labute approximate surface area is 203 Å². The summed E-state index contributed by atoms with van der Waals surface area (Å²) >= 11 is 0. The van der Waals surface area contributed by atoms with Crippen molar-refractivity contribution in [1.29, 1.82) is 0 Å². The molecule has 0 bridgehead atoms. The maximum Gasteiger partial charge on any atom is 0.115 e. The van der Waals surface area contributed by atoms with Crippen molar-refractivity contribution in [2.45, 2.75) is 135 Å². The lowest BCUT2D eigenvalue weighted by molar-refractivity contribution is 0.440. The second kappa shape index (κ2) is 19.0. The Morgan fingerprint density at radius 3 is 1.81 bits per heavy atom. The molecule has 1 aliphatic carbocycles. The van der Waals surface area contributed by atoms with Crippen LogP contribution < -0.4 is 5.32 Å². The molecule has 0 spiro atoms. The maximum atomic E-state index is 9.69. The molecule has 1 aromatic carbocycles. The van der Waals surface area contributed by atoms with Gasteiger partial charge < -0.3 is 10.4 Å². The van der Waals surface area contributed by atoms with Crippen molar-refractivity contribution in [3.63, 3.8) is 0 Å². The van der Waals surface area contributed by atoms with Crippen molar-refractivity contribution in [2.24, 2.45) is 0 Å². The number of nitrogens with one attached hydrogen (secondary N) is 1. The zero-order valence-electron chi connectivity index (χ0n) is 20.3. The van der Waals surface area contributed by atoms with Crippen LogP contribution in [0.2, 0.25) is 0 Å². The third-order valence-electron chi connectivity index (χ3n) is 6.88. The molecule has 1 aliphatic rings. The molecule has 1 aromatic rings. The third-order valence-corrected chi connectivity index (χ3v) is 6.88. The van der Waals surface area contributed by atoms with Crippen LogP contribution in [0.1, 0.15) is 127 Å². The van der Waals surface area contributed by atoms with E-state index in [1.165, 1.54) is 120 Å². The second-order valence-corrected chi connectivity index (χ2v) is 9.65. The van der Waals surface area contributed by atoms with E-state index in [-0.39, 0.29) is 17.0 Å². The quantitative estimate of drug-likeness (QED) is 0.199. The molecule has 2 N–H and O–H groups in total. The van der Waals surface area contributed by atoms with Gasteiger partial charge in [-0.2, -0.15) is 0 Å². The van der Waals surface area contributed by atoms with Gasteiger partial charge in [-0.25, -0.2) is 0 Å². The highest BCUT2D eigenvalue weighted by atomic mass is 79.9. The smallest absolute Gasteiger partial charge is 0.115 e. The van der Waals surface area contributed by atoms with Crippen molar-refractivity contribution in [3.8, 4) is 5.75 Å². The van der Waals surface area contributed by atoms with Crippen LogP contribution in [-0.4, -0.2) is 17.7 Å². The Kier molecular flexibility index (Phi) is 17.4. The lowest BCUT2D eigenvalue weighted by Gasteiger charge is -2.25. The van der Waals surface area contributed by atoms with Gasteiger partial charge in [0.05, 0.1) is 0 Å². The summed E-state index contributed by atoms with van der Waals surface area (Å²) in [6.45, 7) is 3.44. The lowest BCUT2D eigenvalue weighted by Crippen LogP contribution is -2.35. The SMILES string of the molecule is Br.CCCCCCCCCCCCCCCCCCNC1CCc2ccc(O)cc2C1. The summed E-state index contributed by atoms with van der Waals surface area (Å²) in [5, 5.41) is 13.4. The highest BCUT2D eigenvalue weighted by Crippen LogP contribution is 2.25. The molecular weight excluding hydrogens is 446 g/mol. The molecule has 0 saturated heterocycles. The van der Waals surface area contributed by atoms with Gasteiger partial charge in [-0.05, 0) is 55.5 Å². The number of aryl methyl sites for hydroxylation is 1. The fourth-order valence-corrected chi connectivity index (χ4v) is 4.90. The molecule has 0 radical (unpaired) electrons. The number of hydrogen-bond acceptors (Lipinski definition) is 2. The largest absolute Gasteiger partial charge is 0.508 e. The molecule has 0 aliphatic heterocycles. The van der Waals surface area contributed by atoms with E-state index in [4.69, 9.17) is 0 Å². The Hall–Kier alpha value is -0.540. The second-order valence-electron chi connectivity index (χ2n) is 9.65. The molecule has 0 heterocycles. The Bertz CT molecular complexity index is 548. The number of halogens is 1. The van der Waals surface area contributed by atoms with Crippen molar-refractivity contribution < 1.29 is 5.11 Å². The standard InChI is InChI=1S/C28H49NO.BrH/c1-2-3-4-5-6-7-8-9-10-11-12-13-14-15-16-17-22-29-27-20-18-25-19-21-28(30)24-26(25)23-27;/h19,21,24,27,29-30H,2-18,20,22-23H2,1H3;1H. The fourth-order valence-electron chi connectivity index (χ4n) is 4.90. The average Bonchev–Trinajstić information content (AvgIpc) is 2.75. The van der Waals surface area contributed by atoms with Crippen LogP contribution in [0.25, 0.3) is 0 Å². The first kappa shape index (κ1) is 28.5. The number of rotatable bonds is 18. The molecule has 31 heavy (non-hydrogen) atoms. The molecule has 0 aromatic heterocycles. The monoisotopic (exact) mass is 495 g/mol. The van der Waals surface area contributed by atoms with E-state index in [2.05, 4.69) is 18.3 Å². The van der Waals surface area contributed by atoms with E-state index in [9.17, 15) is 5.11 Å². The van der Waals surface area contributed by atoms with Crippen LogP contribution in [-0.2, 0) is 12.8 Å². The van der Waals surface area contributed by atoms with Crippen LogP contribution in [0.5, 0.6) is 5.75 Å². The van der Waals surface area contributed by atoms with E-state index >= 15 is 0 Å². The molecule has 0 fully saturated rings. The van der Waals surface area contributed by atoms with Gasteiger partial charge in [0, 0.05) is 6.04 Å². The highest BCUT2D eigenvalue weighted by Gasteiger charge is 2.18. The molecular formula is C28H50BrNO. The summed E-state index contributed by atoms with van der Waals surface area (Å²) < 4.78 is 0. The number of fused-ring (bicyclic) bond motifs is 1. The molecule has 3 heteroatoms. The minimum Gasteiger partial charge on any atom is -0.508 e. The predicted octanol–water partition coefficient (Wildman–Crippen LogP) is 8.68. The average molecular weight is 497 g/mol. The molecule has 0 amide bonds. The van der Waals surface area contributed by atoms with Crippen LogP contribution in [0.3, 0.4) is 0 Å². The van der Waals surface area contributed by atoms with Gasteiger partial charge in [0.25, 0.3) is 0 Å². The Morgan fingerprint density at radius 1 is 0.742 bits per heavy atom. The third kappa shape index (κ3) is 13.6. The van der Waals surface area contributed by atoms with Crippen LogP contribution >= 0.6 is 17.0 Å². The van der Waals surface area contributed by atoms with E-state index in [1.54, 1.807) is 0 Å². The molecule has 180 valence electrons. The first-order valence-corrected chi connectivity index (χ1v) is 13.3. The topological polar surface area (TPSA) is 32.3 Å². The van der Waals surface area contributed by atoms with Crippen molar-refractivity contribution in [1.82, 2.24) is 5.32 Å². The predicted molar refractivity (Wildman–Crippen MR) is 142 cm³/mol. The summed E-state index contributed by atoms with van der Waals surface area (Å²) in [6, 6.07) is 6.47. The van der Waals surface area contributed by atoms with E-state index in [0.29, 0.717) is 11.8 Å². The van der Waals surface area contributed by atoms with E-state index in [0.717, 1.165) is 19.4 Å². The number of phenolic OH excluding ortho intramolecular Hbond substituents is 1. The molecule has 2 nitrogen and oxygen atoms in total. The van der Waals surface area contributed by atoms with Gasteiger partial charge in [-0.1, -0.05) is 109 Å². The maximum absolute atomic E-state index is 9.69. The first-order valence-electron chi connectivity index (χ1n) is 13.3. The summed E-state index contributed by atoms with van der Waals surface area (Å²) in [4.78, 5) is 0. The normalized spacial score (nSPS) is 15.5. The number of benzene rings is 1. The van der Waals surface area contributed by atoms with Gasteiger partial charge >= 0.3 is 0 Å². The Balaban J connectivity index is 0.00000480. The lowest BCUT2D eigenvalue weighted by atomic mass is 9.88. The molecule has 1 atom stereocenters. The van der Waals surface area contributed by atoms with Gasteiger partial charge in [0.2, 0.25) is 0 Å². The minimum atomic E-state index is 0. The van der Waals surface area contributed by atoms with Crippen molar-refractivity contribution in [3.05, 3.63) is 29.3 Å². The zero-order valence-corrected chi connectivity index (χ0v) is 22.0. The van der Waals surface area contributed by atoms with Gasteiger partial charge in [-0.15, -0.1) is 17.0 Å².